The lowest BCUT2D eigenvalue weighted by molar-refractivity contribution is -0.138. The van der Waals surface area contributed by atoms with E-state index < -0.39 is 23.9 Å². The zero-order chi connectivity index (χ0) is 18.6. The molecule has 1 unspecified atom stereocenters. The summed E-state index contributed by atoms with van der Waals surface area (Å²) in [6.07, 6.45) is -4.16. The quantitative estimate of drug-likeness (QED) is 0.836. The molecule has 1 aliphatic rings. The number of aromatic nitrogens is 2. The van der Waals surface area contributed by atoms with Gasteiger partial charge in [-0.25, -0.2) is 14.8 Å². The van der Waals surface area contributed by atoms with Crippen molar-refractivity contribution in [2.24, 2.45) is 0 Å². The Labute approximate surface area is 141 Å². The van der Waals surface area contributed by atoms with Crippen LogP contribution in [0.1, 0.15) is 18.9 Å². The van der Waals surface area contributed by atoms with Gasteiger partial charge >= 0.3 is 12.3 Å². The van der Waals surface area contributed by atoms with E-state index in [2.05, 4.69) is 15.3 Å². The normalized spacial score (nSPS) is 16.5. The van der Waals surface area contributed by atoms with Crippen molar-refractivity contribution in [3.63, 3.8) is 0 Å². The summed E-state index contributed by atoms with van der Waals surface area (Å²) >= 11 is 0. The number of carbonyl (C=O) groups excluding carboxylic acids is 1. The number of hydrogen-bond acceptors (Lipinski definition) is 5. The summed E-state index contributed by atoms with van der Waals surface area (Å²) in [5.41, 5.74) is -0.912. The summed E-state index contributed by atoms with van der Waals surface area (Å²) in [6.45, 7) is 3.10. The van der Waals surface area contributed by atoms with Crippen molar-refractivity contribution in [1.82, 2.24) is 20.2 Å². The highest BCUT2D eigenvalue weighted by molar-refractivity contribution is 5.78. The SMILES string of the molecule is CC(CC(=O)N1CCN(c2ncc(C(F)(F)F)cn2)CC1)NC(=O)O. The largest absolute Gasteiger partial charge is 0.465 e. The molecule has 0 aliphatic carbocycles. The number of carbonyl (C=O) groups is 2. The minimum Gasteiger partial charge on any atom is -0.465 e. The Morgan fingerprint density at radius 3 is 2.28 bits per heavy atom. The van der Waals surface area contributed by atoms with Gasteiger partial charge in [-0.05, 0) is 6.92 Å². The summed E-state index contributed by atoms with van der Waals surface area (Å²) < 4.78 is 37.5. The van der Waals surface area contributed by atoms with Gasteiger partial charge in [-0.3, -0.25) is 4.79 Å². The zero-order valence-electron chi connectivity index (χ0n) is 13.5. The van der Waals surface area contributed by atoms with Crippen LogP contribution in [0.2, 0.25) is 0 Å². The maximum atomic E-state index is 12.5. The van der Waals surface area contributed by atoms with E-state index in [4.69, 9.17) is 5.11 Å². The Hall–Kier alpha value is -2.59. The molecule has 2 N–H and O–H groups in total. The monoisotopic (exact) mass is 361 g/mol. The van der Waals surface area contributed by atoms with E-state index in [1.165, 1.54) is 0 Å². The van der Waals surface area contributed by atoms with Gasteiger partial charge in [-0.2, -0.15) is 13.2 Å². The fourth-order valence-electron chi connectivity index (χ4n) is 2.44. The molecule has 0 aromatic carbocycles. The van der Waals surface area contributed by atoms with Crippen LogP contribution in [0.4, 0.5) is 23.9 Å². The lowest BCUT2D eigenvalue weighted by Crippen LogP contribution is -2.50. The van der Waals surface area contributed by atoms with Crippen LogP contribution in [-0.2, 0) is 11.0 Å². The molecule has 25 heavy (non-hydrogen) atoms. The predicted molar refractivity (Wildman–Crippen MR) is 81.1 cm³/mol. The van der Waals surface area contributed by atoms with Gasteiger partial charge < -0.3 is 20.2 Å². The first-order valence-electron chi connectivity index (χ1n) is 7.58. The van der Waals surface area contributed by atoms with Gasteiger partial charge in [0.05, 0.1) is 5.56 Å². The number of piperazine rings is 1. The van der Waals surface area contributed by atoms with E-state index in [9.17, 15) is 22.8 Å². The molecule has 1 atom stereocenters. The molecule has 1 saturated heterocycles. The molecule has 2 rings (SSSR count). The van der Waals surface area contributed by atoms with E-state index in [0.29, 0.717) is 26.2 Å². The highest BCUT2D eigenvalue weighted by Crippen LogP contribution is 2.28. The number of carboxylic acid groups (broad SMARTS) is 1. The maximum absolute atomic E-state index is 12.5. The summed E-state index contributed by atoms with van der Waals surface area (Å²) in [6, 6.07) is -0.499. The Balaban J connectivity index is 1.87. The molecule has 2 amide bonds. The van der Waals surface area contributed by atoms with E-state index in [-0.39, 0.29) is 18.3 Å². The lowest BCUT2D eigenvalue weighted by Gasteiger charge is -2.35. The minimum absolute atomic E-state index is 0.0447. The average molecular weight is 361 g/mol. The van der Waals surface area contributed by atoms with Gasteiger partial charge in [0.25, 0.3) is 0 Å². The van der Waals surface area contributed by atoms with Gasteiger partial charge in [0.2, 0.25) is 11.9 Å². The molecule has 1 aliphatic heterocycles. The standard InChI is InChI=1S/C14H18F3N5O3/c1-9(20-13(24)25)6-11(23)21-2-4-22(5-3-21)12-18-7-10(8-19-12)14(15,16)17/h7-9,20H,2-6H2,1H3,(H,24,25). The first-order chi connectivity index (χ1) is 11.7. The van der Waals surface area contributed by atoms with Gasteiger partial charge in [-0.15, -0.1) is 0 Å². The van der Waals surface area contributed by atoms with Gasteiger partial charge in [-0.1, -0.05) is 0 Å². The highest BCUT2D eigenvalue weighted by Gasteiger charge is 2.32. The Bertz CT molecular complexity index is 615. The van der Waals surface area contributed by atoms with Crippen molar-refractivity contribution in [2.45, 2.75) is 25.6 Å². The molecule has 0 spiro atoms. The van der Waals surface area contributed by atoms with Crippen LogP contribution in [0.3, 0.4) is 0 Å². The van der Waals surface area contributed by atoms with Crippen LogP contribution >= 0.6 is 0 Å². The minimum atomic E-state index is -4.48. The van der Waals surface area contributed by atoms with Crippen LogP contribution in [0.25, 0.3) is 0 Å². The molecule has 138 valence electrons. The fraction of sp³-hybridized carbons (Fsp3) is 0.571. The Morgan fingerprint density at radius 1 is 1.24 bits per heavy atom. The summed E-state index contributed by atoms with van der Waals surface area (Å²) in [7, 11) is 0. The third kappa shape index (κ3) is 5.19. The Morgan fingerprint density at radius 2 is 1.80 bits per heavy atom. The van der Waals surface area contributed by atoms with Gasteiger partial charge in [0.1, 0.15) is 0 Å². The van der Waals surface area contributed by atoms with Gasteiger partial charge in [0.15, 0.2) is 0 Å². The number of hydrogen-bond donors (Lipinski definition) is 2. The molecule has 0 saturated carbocycles. The number of nitrogens with one attached hydrogen (secondary N) is 1. The molecule has 1 aromatic rings. The number of anilines is 1. The second kappa shape index (κ2) is 7.53. The van der Waals surface area contributed by atoms with Crippen molar-refractivity contribution in [3.8, 4) is 0 Å². The fourth-order valence-corrected chi connectivity index (χ4v) is 2.44. The highest BCUT2D eigenvalue weighted by atomic mass is 19.4. The molecule has 1 fully saturated rings. The van der Waals surface area contributed by atoms with Crippen molar-refractivity contribution in [1.29, 1.82) is 0 Å². The van der Waals surface area contributed by atoms with E-state index >= 15 is 0 Å². The third-order valence-electron chi connectivity index (χ3n) is 3.73. The summed E-state index contributed by atoms with van der Waals surface area (Å²) in [4.78, 5) is 33.4. The van der Waals surface area contributed by atoms with E-state index in [0.717, 1.165) is 12.4 Å². The molecule has 2 heterocycles. The molecule has 1 aromatic heterocycles. The second-order valence-electron chi connectivity index (χ2n) is 5.69. The van der Waals surface area contributed by atoms with Crippen molar-refractivity contribution >= 4 is 17.9 Å². The number of amides is 2. The molecule has 11 heteroatoms. The first kappa shape index (κ1) is 18.7. The third-order valence-corrected chi connectivity index (χ3v) is 3.73. The molecule has 0 bridgehead atoms. The van der Waals surface area contributed by atoms with Crippen LogP contribution in [-0.4, -0.2) is 64.2 Å². The smallest absolute Gasteiger partial charge is 0.419 e. The zero-order valence-corrected chi connectivity index (χ0v) is 13.5. The van der Waals surface area contributed by atoms with Crippen LogP contribution < -0.4 is 10.2 Å². The number of rotatable bonds is 4. The van der Waals surface area contributed by atoms with E-state index in [1.54, 1.807) is 16.7 Å². The summed E-state index contributed by atoms with van der Waals surface area (Å²) in [5.74, 6) is -0.00440. The van der Waals surface area contributed by atoms with Crippen LogP contribution in [0.15, 0.2) is 12.4 Å². The first-order valence-corrected chi connectivity index (χ1v) is 7.58. The predicted octanol–water partition coefficient (Wildman–Crippen LogP) is 1.19. The van der Waals surface area contributed by atoms with Crippen LogP contribution in [0.5, 0.6) is 0 Å². The topological polar surface area (TPSA) is 98.7 Å². The molecule has 0 radical (unpaired) electrons. The Kier molecular flexibility index (Phi) is 5.65. The van der Waals surface area contributed by atoms with Crippen molar-refractivity contribution < 1.29 is 27.9 Å². The molecular formula is C14H18F3N5O3. The van der Waals surface area contributed by atoms with Crippen molar-refractivity contribution in [3.05, 3.63) is 18.0 Å². The average Bonchev–Trinajstić information content (AvgIpc) is 2.53. The maximum Gasteiger partial charge on any atom is 0.419 e. The number of halogens is 3. The summed E-state index contributed by atoms with van der Waals surface area (Å²) in [5, 5.41) is 10.8. The number of nitrogens with zero attached hydrogens (tertiary/aromatic N) is 4. The van der Waals surface area contributed by atoms with Crippen molar-refractivity contribution in [2.75, 3.05) is 31.1 Å². The van der Waals surface area contributed by atoms with E-state index in [1.807, 2.05) is 0 Å². The molecular weight excluding hydrogens is 343 g/mol. The second-order valence-corrected chi connectivity index (χ2v) is 5.69. The number of alkyl halides is 3. The van der Waals surface area contributed by atoms with Crippen LogP contribution in [0, 0.1) is 0 Å². The van der Waals surface area contributed by atoms with Gasteiger partial charge in [0, 0.05) is 51.0 Å². The molecule has 8 nitrogen and oxygen atoms in total. The lowest BCUT2D eigenvalue weighted by atomic mass is 10.2.